The summed E-state index contributed by atoms with van der Waals surface area (Å²) in [6.45, 7) is 7.41. The molecule has 1 amide bonds. The number of halogens is 3. The minimum Gasteiger partial charge on any atom is -0.475 e. The van der Waals surface area contributed by atoms with Gasteiger partial charge in [-0.1, -0.05) is 0 Å². The fourth-order valence-electron chi connectivity index (χ4n) is 1.40. The zero-order valence-corrected chi connectivity index (χ0v) is 11.8. The van der Waals surface area contributed by atoms with Crippen LogP contribution in [0.5, 0.6) is 0 Å². The van der Waals surface area contributed by atoms with Gasteiger partial charge in [-0.2, -0.15) is 13.2 Å². The number of piperidine rings is 1. The lowest BCUT2D eigenvalue weighted by molar-refractivity contribution is -0.192. The zero-order chi connectivity index (χ0) is 16.0. The Labute approximate surface area is 115 Å². The number of carboxylic acids is 1. The van der Waals surface area contributed by atoms with Gasteiger partial charge in [0.1, 0.15) is 5.60 Å². The summed E-state index contributed by atoms with van der Waals surface area (Å²) in [6, 6.07) is 0. The van der Waals surface area contributed by atoms with Gasteiger partial charge in [0.2, 0.25) is 0 Å². The first-order valence-electron chi connectivity index (χ1n) is 6.21. The van der Waals surface area contributed by atoms with E-state index in [9.17, 15) is 18.0 Å². The van der Waals surface area contributed by atoms with Crippen LogP contribution in [0.15, 0.2) is 0 Å². The van der Waals surface area contributed by atoms with Gasteiger partial charge < -0.3 is 14.7 Å². The Bertz CT molecular complexity index is 331. The molecule has 0 aromatic carbocycles. The van der Waals surface area contributed by atoms with Crippen LogP contribution in [-0.2, 0) is 9.53 Å². The molecule has 0 aromatic heterocycles. The second-order valence-electron chi connectivity index (χ2n) is 5.33. The maximum Gasteiger partial charge on any atom is 0.490 e. The second-order valence-corrected chi connectivity index (χ2v) is 5.33. The lowest BCUT2D eigenvalue weighted by atomic mass is 10.1. The van der Waals surface area contributed by atoms with Gasteiger partial charge in [0.25, 0.3) is 0 Å². The van der Waals surface area contributed by atoms with Gasteiger partial charge in [0, 0.05) is 13.1 Å². The number of nitrogens with zero attached hydrogens (tertiary/aromatic N) is 1. The SMILES string of the molecule is CC(C)(C)OC(=O)N1CCCCC1.O=C(O)C(F)(F)F. The summed E-state index contributed by atoms with van der Waals surface area (Å²) < 4.78 is 37.0. The van der Waals surface area contributed by atoms with Gasteiger partial charge in [0.15, 0.2) is 0 Å². The normalized spacial score (nSPS) is 16.0. The van der Waals surface area contributed by atoms with E-state index in [1.54, 1.807) is 4.90 Å². The molecule has 1 rings (SSSR count). The van der Waals surface area contributed by atoms with E-state index < -0.39 is 12.1 Å². The highest BCUT2D eigenvalue weighted by Crippen LogP contribution is 2.14. The lowest BCUT2D eigenvalue weighted by Crippen LogP contribution is -2.39. The number of alkyl halides is 3. The largest absolute Gasteiger partial charge is 0.490 e. The quantitative estimate of drug-likeness (QED) is 0.746. The topological polar surface area (TPSA) is 66.8 Å². The summed E-state index contributed by atoms with van der Waals surface area (Å²) in [5.74, 6) is -2.76. The fourth-order valence-corrected chi connectivity index (χ4v) is 1.40. The van der Waals surface area contributed by atoms with Crippen LogP contribution < -0.4 is 0 Å². The highest BCUT2D eigenvalue weighted by molar-refractivity contribution is 5.73. The molecule has 20 heavy (non-hydrogen) atoms. The van der Waals surface area contributed by atoms with Crippen molar-refractivity contribution in [3.05, 3.63) is 0 Å². The summed E-state index contributed by atoms with van der Waals surface area (Å²) >= 11 is 0. The minimum absolute atomic E-state index is 0.160. The van der Waals surface area contributed by atoms with Gasteiger partial charge in [-0.3, -0.25) is 0 Å². The molecule has 0 spiro atoms. The number of hydrogen-bond donors (Lipinski definition) is 1. The number of likely N-dealkylation sites (tertiary alicyclic amines) is 1. The number of carboxylic acid groups (broad SMARTS) is 1. The first kappa shape index (κ1) is 18.5. The van der Waals surface area contributed by atoms with Crippen molar-refractivity contribution in [3.63, 3.8) is 0 Å². The van der Waals surface area contributed by atoms with E-state index in [0.717, 1.165) is 25.9 Å². The fraction of sp³-hybridized carbons (Fsp3) is 0.833. The third kappa shape index (κ3) is 8.60. The van der Waals surface area contributed by atoms with E-state index in [1.807, 2.05) is 20.8 Å². The highest BCUT2D eigenvalue weighted by atomic mass is 19.4. The van der Waals surface area contributed by atoms with Gasteiger partial charge in [-0.15, -0.1) is 0 Å². The first-order valence-corrected chi connectivity index (χ1v) is 6.21. The predicted molar refractivity (Wildman–Crippen MR) is 65.3 cm³/mol. The van der Waals surface area contributed by atoms with Crippen LogP contribution in [0.2, 0.25) is 0 Å². The third-order valence-electron chi connectivity index (χ3n) is 2.25. The standard InChI is InChI=1S/C10H19NO2.C2HF3O2/c1-10(2,3)13-9(12)11-7-5-4-6-8-11;3-2(4,5)1(6)7/h4-8H2,1-3H3;(H,6,7). The van der Waals surface area contributed by atoms with Gasteiger partial charge in [-0.25, -0.2) is 9.59 Å². The molecule has 0 aliphatic carbocycles. The molecule has 0 radical (unpaired) electrons. The van der Waals surface area contributed by atoms with E-state index in [1.165, 1.54) is 6.42 Å². The molecule has 1 aliphatic heterocycles. The Morgan fingerprint density at radius 1 is 1.05 bits per heavy atom. The van der Waals surface area contributed by atoms with Crippen LogP contribution in [0.4, 0.5) is 18.0 Å². The lowest BCUT2D eigenvalue weighted by Gasteiger charge is -2.29. The number of amides is 1. The van der Waals surface area contributed by atoms with Crippen LogP contribution in [0, 0.1) is 0 Å². The molecule has 1 N–H and O–H groups in total. The van der Waals surface area contributed by atoms with Gasteiger partial charge in [-0.05, 0) is 40.0 Å². The monoisotopic (exact) mass is 299 g/mol. The predicted octanol–water partition coefficient (Wildman–Crippen LogP) is 3.04. The molecule has 0 unspecified atom stereocenters. The van der Waals surface area contributed by atoms with Crippen molar-refractivity contribution in [1.29, 1.82) is 0 Å². The van der Waals surface area contributed by atoms with Crippen LogP contribution in [0.3, 0.4) is 0 Å². The Morgan fingerprint density at radius 2 is 1.45 bits per heavy atom. The van der Waals surface area contributed by atoms with Crippen molar-refractivity contribution >= 4 is 12.1 Å². The van der Waals surface area contributed by atoms with Crippen molar-refractivity contribution < 1.29 is 32.6 Å². The number of ether oxygens (including phenoxy) is 1. The molecule has 1 fully saturated rings. The van der Waals surface area contributed by atoms with Gasteiger partial charge >= 0.3 is 18.2 Å². The number of rotatable bonds is 0. The molecule has 118 valence electrons. The van der Waals surface area contributed by atoms with Crippen LogP contribution in [0.25, 0.3) is 0 Å². The number of hydrogen-bond acceptors (Lipinski definition) is 3. The maximum atomic E-state index is 11.5. The second kappa shape index (κ2) is 7.35. The van der Waals surface area contributed by atoms with E-state index in [4.69, 9.17) is 14.6 Å². The number of carbonyl (C=O) groups excluding carboxylic acids is 1. The zero-order valence-electron chi connectivity index (χ0n) is 11.8. The molecule has 0 bridgehead atoms. The van der Waals surface area contributed by atoms with Crippen molar-refractivity contribution in [2.45, 2.75) is 51.8 Å². The van der Waals surface area contributed by atoms with Crippen LogP contribution in [0.1, 0.15) is 40.0 Å². The molecular weight excluding hydrogens is 279 g/mol. The molecule has 1 saturated heterocycles. The summed E-state index contributed by atoms with van der Waals surface area (Å²) in [4.78, 5) is 22.2. The van der Waals surface area contributed by atoms with Crippen LogP contribution >= 0.6 is 0 Å². The molecular formula is C12H20F3NO4. The Kier molecular flexibility index (Phi) is 6.81. The van der Waals surface area contributed by atoms with Crippen molar-refractivity contribution in [2.24, 2.45) is 0 Å². The molecule has 1 heterocycles. The third-order valence-corrected chi connectivity index (χ3v) is 2.25. The Balaban J connectivity index is 0.000000441. The van der Waals surface area contributed by atoms with Crippen molar-refractivity contribution in [2.75, 3.05) is 13.1 Å². The average molecular weight is 299 g/mol. The van der Waals surface area contributed by atoms with E-state index in [0.29, 0.717) is 0 Å². The Morgan fingerprint density at radius 3 is 1.75 bits per heavy atom. The molecule has 0 saturated carbocycles. The molecule has 0 atom stereocenters. The average Bonchev–Trinajstić information content (AvgIpc) is 2.27. The molecule has 1 aliphatic rings. The highest BCUT2D eigenvalue weighted by Gasteiger charge is 2.38. The summed E-state index contributed by atoms with van der Waals surface area (Å²) in [5, 5.41) is 7.12. The molecule has 8 heteroatoms. The summed E-state index contributed by atoms with van der Waals surface area (Å²) in [7, 11) is 0. The van der Waals surface area contributed by atoms with Crippen molar-refractivity contribution in [1.82, 2.24) is 4.90 Å². The number of aliphatic carboxylic acids is 1. The number of carbonyl (C=O) groups is 2. The molecule has 0 aromatic rings. The first-order chi connectivity index (χ1) is 8.93. The summed E-state index contributed by atoms with van der Waals surface area (Å²) in [5.41, 5.74) is -0.367. The van der Waals surface area contributed by atoms with Gasteiger partial charge in [0.05, 0.1) is 0 Å². The van der Waals surface area contributed by atoms with Crippen LogP contribution in [-0.4, -0.2) is 46.9 Å². The maximum absolute atomic E-state index is 11.5. The van der Waals surface area contributed by atoms with E-state index in [-0.39, 0.29) is 11.7 Å². The summed E-state index contributed by atoms with van der Waals surface area (Å²) in [6.07, 6.45) is -1.79. The smallest absolute Gasteiger partial charge is 0.475 e. The van der Waals surface area contributed by atoms with Crippen molar-refractivity contribution in [3.8, 4) is 0 Å². The van der Waals surface area contributed by atoms with E-state index >= 15 is 0 Å². The minimum atomic E-state index is -5.08. The van der Waals surface area contributed by atoms with E-state index in [2.05, 4.69) is 0 Å². The molecule has 5 nitrogen and oxygen atoms in total. The Hall–Kier alpha value is -1.47.